The Morgan fingerprint density at radius 1 is 1.38 bits per heavy atom. The van der Waals surface area contributed by atoms with Gasteiger partial charge in [-0.25, -0.2) is 17.9 Å². The number of fused-ring (bicyclic) bond motifs is 1. The van der Waals surface area contributed by atoms with Gasteiger partial charge in [-0.15, -0.1) is 0 Å². The molecule has 0 spiro atoms. The number of nitrogens with one attached hydrogen (secondary N) is 3. The molecule has 114 valence electrons. The summed E-state index contributed by atoms with van der Waals surface area (Å²) in [7, 11) is -3.93. The minimum absolute atomic E-state index is 0.0168. The van der Waals surface area contributed by atoms with Crippen molar-refractivity contribution in [3.05, 3.63) is 24.4 Å². The summed E-state index contributed by atoms with van der Waals surface area (Å²) in [5, 5.41) is 2.98. The average molecular weight is 310 g/mol. The summed E-state index contributed by atoms with van der Waals surface area (Å²) >= 11 is 0. The van der Waals surface area contributed by atoms with E-state index in [0.717, 1.165) is 12.8 Å². The number of carbonyl (C=O) groups is 1. The Balaban J connectivity index is 2.20. The van der Waals surface area contributed by atoms with Crippen LogP contribution in [0.25, 0.3) is 10.9 Å². The Morgan fingerprint density at radius 2 is 2.14 bits per heavy atom. The molecule has 0 bridgehead atoms. The van der Waals surface area contributed by atoms with E-state index >= 15 is 0 Å². The molecule has 8 heteroatoms. The molecule has 2 rings (SSSR count). The van der Waals surface area contributed by atoms with Crippen LogP contribution in [0.3, 0.4) is 0 Å². The van der Waals surface area contributed by atoms with Crippen molar-refractivity contribution in [2.24, 2.45) is 0 Å². The third-order valence-electron chi connectivity index (χ3n) is 3.00. The number of urea groups is 1. The molecule has 0 atom stereocenters. The largest absolute Gasteiger partial charge is 0.399 e. The van der Waals surface area contributed by atoms with Crippen molar-refractivity contribution in [3.8, 4) is 0 Å². The molecule has 0 saturated carbocycles. The molecule has 0 radical (unpaired) electrons. The topological polar surface area (TPSA) is 117 Å². The Kier molecular flexibility index (Phi) is 4.37. The number of hydrogen-bond acceptors (Lipinski definition) is 4. The zero-order valence-corrected chi connectivity index (χ0v) is 12.5. The number of amides is 2. The fourth-order valence-electron chi connectivity index (χ4n) is 1.93. The van der Waals surface area contributed by atoms with E-state index in [1.54, 1.807) is 18.2 Å². The smallest absolute Gasteiger partial charge is 0.328 e. The minimum atomic E-state index is -3.93. The number of H-pyrrole nitrogens is 1. The first-order valence-corrected chi connectivity index (χ1v) is 8.09. The highest BCUT2D eigenvalue weighted by atomic mass is 32.2. The van der Waals surface area contributed by atoms with Crippen molar-refractivity contribution in [3.63, 3.8) is 0 Å². The van der Waals surface area contributed by atoms with Gasteiger partial charge in [0.2, 0.25) is 0 Å². The first kappa shape index (κ1) is 15.2. The molecular weight excluding hydrogens is 292 g/mol. The Bertz CT molecular complexity index is 752. The van der Waals surface area contributed by atoms with Crippen LogP contribution in [-0.2, 0) is 10.0 Å². The summed E-state index contributed by atoms with van der Waals surface area (Å²) in [5.41, 5.74) is 6.77. The van der Waals surface area contributed by atoms with Gasteiger partial charge in [-0.1, -0.05) is 13.3 Å². The van der Waals surface area contributed by atoms with Gasteiger partial charge in [-0.05, 0) is 24.6 Å². The Labute approximate surface area is 123 Å². The summed E-state index contributed by atoms with van der Waals surface area (Å²) < 4.78 is 26.4. The third-order valence-corrected chi connectivity index (χ3v) is 4.37. The van der Waals surface area contributed by atoms with Gasteiger partial charge in [-0.2, -0.15) is 0 Å². The number of hydrogen-bond donors (Lipinski definition) is 4. The number of aromatic nitrogens is 1. The van der Waals surface area contributed by atoms with Gasteiger partial charge >= 0.3 is 6.03 Å². The number of benzene rings is 1. The van der Waals surface area contributed by atoms with Crippen LogP contribution in [0.1, 0.15) is 19.8 Å². The van der Waals surface area contributed by atoms with Gasteiger partial charge in [0.15, 0.2) is 0 Å². The number of carbonyl (C=O) groups excluding carboxylic acids is 1. The molecule has 0 aliphatic heterocycles. The molecule has 0 aliphatic rings. The van der Waals surface area contributed by atoms with E-state index < -0.39 is 16.1 Å². The predicted octanol–water partition coefficient (Wildman–Crippen LogP) is 1.54. The van der Waals surface area contributed by atoms with E-state index in [0.29, 0.717) is 23.1 Å². The molecule has 21 heavy (non-hydrogen) atoms. The lowest BCUT2D eigenvalue weighted by atomic mass is 10.2. The van der Waals surface area contributed by atoms with Gasteiger partial charge in [0, 0.05) is 29.3 Å². The minimum Gasteiger partial charge on any atom is -0.399 e. The number of nitrogen functional groups attached to an aromatic ring is 1. The van der Waals surface area contributed by atoms with Crippen molar-refractivity contribution in [2.45, 2.75) is 24.7 Å². The van der Waals surface area contributed by atoms with Crippen molar-refractivity contribution in [2.75, 3.05) is 12.3 Å². The van der Waals surface area contributed by atoms with Gasteiger partial charge in [0.05, 0.1) is 0 Å². The first-order valence-electron chi connectivity index (χ1n) is 6.61. The van der Waals surface area contributed by atoms with Crippen LogP contribution in [0.4, 0.5) is 10.5 Å². The van der Waals surface area contributed by atoms with Crippen LogP contribution < -0.4 is 15.8 Å². The van der Waals surface area contributed by atoms with Gasteiger partial charge in [0.25, 0.3) is 10.0 Å². The standard InChI is InChI=1S/C13H18N4O3S/c1-2-3-6-15-13(18)17-21(19,20)12-8-16-11-7-9(14)4-5-10(11)12/h4-5,7-8,16H,2-3,6,14H2,1H3,(H2,15,17,18). The maximum atomic E-state index is 12.2. The normalized spacial score (nSPS) is 11.5. The molecule has 0 saturated heterocycles. The van der Waals surface area contributed by atoms with Crippen LogP contribution in [0.2, 0.25) is 0 Å². The van der Waals surface area contributed by atoms with Crippen molar-refractivity contribution in [1.82, 2.24) is 15.0 Å². The number of rotatable bonds is 5. The zero-order chi connectivity index (χ0) is 15.5. The molecule has 0 aliphatic carbocycles. The third kappa shape index (κ3) is 3.46. The predicted molar refractivity (Wildman–Crippen MR) is 81.3 cm³/mol. The van der Waals surface area contributed by atoms with E-state index in [4.69, 9.17) is 5.73 Å². The summed E-state index contributed by atoms with van der Waals surface area (Å²) in [4.78, 5) is 14.4. The van der Waals surface area contributed by atoms with Crippen LogP contribution in [0.15, 0.2) is 29.3 Å². The monoisotopic (exact) mass is 310 g/mol. The molecule has 0 unspecified atom stereocenters. The fourth-order valence-corrected chi connectivity index (χ4v) is 3.04. The lowest BCUT2D eigenvalue weighted by molar-refractivity contribution is 0.245. The van der Waals surface area contributed by atoms with Crippen LogP contribution in [0, 0.1) is 0 Å². The molecule has 7 nitrogen and oxygen atoms in total. The molecule has 1 aromatic carbocycles. The first-order chi connectivity index (χ1) is 9.94. The van der Waals surface area contributed by atoms with Crippen LogP contribution in [-0.4, -0.2) is 26.0 Å². The SMILES string of the molecule is CCCCNC(=O)NS(=O)(=O)c1c[nH]c2cc(N)ccc12. The van der Waals surface area contributed by atoms with E-state index in [2.05, 4.69) is 10.3 Å². The van der Waals surface area contributed by atoms with E-state index in [1.165, 1.54) is 6.20 Å². The van der Waals surface area contributed by atoms with Crippen molar-refractivity contribution in [1.29, 1.82) is 0 Å². The summed E-state index contributed by atoms with van der Waals surface area (Å²) in [6.45, 7) is 2.41. The highest BCUT2D eigenvalue weighted by Gasteiger charge is 2.21. The van der Waals surface area contributed by atoms with E-state index in [-0.39, 0.29) is 4.90 Å². The summed E-state index contributed by atoms with van der Waals surface area (Å²) in [6.07, 6.45) is 3.04. The molecule has 2 amide bonds. The zero-order valence-electron chi connectivity index (χ0n) is 11.6. The maximum Gasteiger partial charge on any atom is 0.328 e. The van der Waals surface area contributed by atoms with E-state index in [9.17, 15) is 13.2 Å². The van der Waals surface area contributed by atoms with Crippen molar-refractivity contribution >= 4 is 32.6 Å². The van der Waals surface area contributed by atoms with E-state index in [1.807, 2.05) is 11.6 Å². The number of nitrogens with two attached hydrogens (primary N) is 1. The summed E-state index contributed by atoms with van der Waals surface area (Å²) in [6, 6.07) is 4.12. The second-order valence-electron chi connectivity index (χ2n) is 4.67. The fraction of sp³-hybridized carbons (Fsp3) is 0.308. The molecule has 2 aromatic rings. The van der Waals surface area contributed by atoms with Crippen LogP contribution >= 0.6 is 0 Å². The Morgan fingerprint density at radius 3 is 2.86 bits per heavy atom. The van der Waals surface area contributed by atoms with Crippen molar-refractivity contribution < 1.29 is 13.2 Å². The van der Waals surface area contributed by atoms with Crippen LogP contribution in [0.5, 0.6) is 0 Å². The highest BCUT2D eigenvalue weighted by molar-refractivity contribution is 7.90. The highest BCUT2D eigenvalue weighted by Crippen LogP contribution is 2.24. The molecule has 5 N–H and O–H groups in total. The lowest BCUT2D eigenvalue weighted by Gasteiger charge is -2.07. The number of unbranched alkanes of at least 4 members (excludes halogenated alkanes) is 1. The van der Waals surface area contributed by atoms with Gasteiger partial charge in [0.1, 0.15) is 4.90 Å². The molecule has 1 heterocycles. The maximum absolute atomic E-state index is 12.2. The quantitative estimate of drug-likeness (QED) is 0.495. The average Bonchev–Trinajstić information content (AvgIpc) is 2.82. The second kappa shape index (κ2) is 6.04. The van der Waals surface area contributed by atoms with Gasteiger partial charge < -0.3 is 16.0 Å². The van der Waals surface area contributed by atoms with Gasteiger partial charge in [-0.3, -0.25) is 0 Å². The lowest BCUT2D eigenvalue weighted by Crippen LogP contribution is -2.39. The summed E-state index contributed by atoms with van der Waals surface area (Å²) in [5.74, 6) is 0. The number of anilines is 1. The Hall–Kier alpha value is -2.22. The number of sulfonamides is 1. The second-order valence-corrected chi connectivity index (χ2v) is 6.32. The molecule has 0 fully saturated rings. The number of aromatic amines is 1. The molecular formula is C13H18N4O3S. The molecule has 1 aromatic heterocycles.